The minimum Gasteiger partial charge on any atom is -0.491 e. The van der Waals surface area contributed by atoms with Gasteiger partial charge in [-0.3, -0.25) is 19.2 Å². The highest BCUT2D eigenvalue weighted by molar-refractivity contribution is 6.31. The summed E-state index contributed by atoms with van der Waals surface area (Å²) in [4.78, 5) is 67.1. The lowest BCUT2D eigenvalue weighted by molar-refractivity contribution is -0.914. The summed E-state index contributed by atoms with van der Waals surface area (Å²) in [5.41, 5.74) is 26.3. The van der Waals surface area contributed by atoms with Crippen molar-refractivity contribution in [1.29, 1.82) is 0 Å². The van der Waals surface area contributed by atoms with Crippen LogP contribution in [0.4, 0.5) is 23.3 Å². The molecule has 0 aliphatic rings. The van der Waals surface area contributed by atoms with E-state index in [2.05, 4.69) is 83.2 Å². The van der Waals surface area contributed by atoms with Gasteiger partial charge in [0.05, 0.1) is 86.5 Å². The first kappa shape index (κ1) is 66.8. The van der Waals surface area contributed by atoms with Crippen LogP contribution < -0.4 is 53.7 Å². The van der Waals surface area contributed by atoms with Crippen LogP contribution in [0.5, 0.6) is 11.5 Å². The average molecular weight is 1150 g/mol. The number of aliphatic hydroxyl groups is 2. The topological polar surface area (TPSA) is 349 Å². The molecule has 0 saturated carbocycles. The number of ether oxygens (including phenoxy) is 4. The molecule has 25 heteroatoms. The predicted molar refractivity (Wildman–Crippen MR) is 312 cm³/mol. The number of nitrogens with two attached hydrogens (primary N) is 4. The summed E-state index contributed by atoms with van der Waals surface area (Å²) < 4.78 is 24.1. The molecule has 0 fully saturated rings. The monoisotopic (exact) mass is 1150 g/mol. The molecule has 2 heterocycles. The van der Waals surface area contributed by atoms with E-state index in [1.54, 1.807) is 0 Å². The maximum Gasteiger partial charge on any atom is 0.274 e. The Morgan fingerprint density at radius 2 is 0.963 bits per heavy atom. The molecule has 0 radical (unpaired) electrons. The Kier molecular flexibility index (Phi) is 28.0. The van der Waals surface area contributed by atoms with Crippen molar-refractivity contribution < 1.29 is 57.3 Å². The van der Waals surface area contributed by atoms with Gasteiger partial charge in [0.2, 0.25) is 0 Å². The minimum absolute atomic E-state index is 0.0192. The molecule has 24 nitrogen and oxygen atoms in total. The SMILES string of the molecule is CCCC(CNC(=O)c1nc(Cl)c(N)nc1N)[N+](C)(C)CCCc1ccc(OCCOCCNC(=O)C(O)C(O)C(=O)NCCOCCOc2ccc(CCC[N+](C)(C)C(CCC)CNC(=O)c3nc(CC)c(N)nc3N)cc2)cc1. The third-order valence-electron chi connectivity index (χ3n) is 14.1. The molecule has 2 aromatic carbocycles. The highest BCUT2D eigenvalue weighted by atomic mass is 35.5. The van der Waals surface area contributed by atoms with Gasteiger partial charge in [0.15, 0.2) is 46.2 Å². The number of benzene rings is 2. The molecule has 4 rings (SSSR count). The Labute approximate surface area is 481 Å². The van der Waals surface area contributed by atoms with E-state index in [9.17, 15) is 29.4 Å². The van der Waals surface area contributed by atoms with Crippen molar-refractivity contribution in [3.63, 3.8) is 0 Å². The first-order valence-corrected chi connectivity index (χ1v) is 28.2. The number of likely N-dealkylation sites (N-methyl/N-ethyl adjacent to an activating group) is 2. The van der Waals surface area contributed by atoms with Crippen LogP contribution in [-0.2, 0) is 38.3 Å². The van der Waals surface area contributed by atoms with Crippen LogP contribution in [-0.4, -0.2) is 194 Å². The van der Waals surface area contributed by atoms with Gasteiger partial charge in [-0.2, -0.15) is 0 Å². The number of aryl methyl sites for hydroxylation is 3. The molecule has 14 N–H and O–H groups in total. The third kappa shape index (κ3) is 22.3. The van der Waals surface area contributed by atoms with Crippen LogP contribution in [0.25, 0.3) is 0 Å². The molecule has 4 aromatic rings. The van der Waals surface area contributed by atoms with Gasteiger partial charge in [-0.25, -0.2) is 19.9 Å². The number of nitrogens with zero attached hydrogens (tertiary/aromatic N) is 6. The maximum atomic E-state index is 13.0. The number of carbonyl (C=O) groups is 4. The lowest BCUT2D eigenvalue weighted by Gasteiger charge is -2.38. The Morgan fingerprint density at radius 3 is 1.37 bits per heavy atom. The van der Waals surface area contributed by atoms with Crippen molar-refractivity contribution in [1.82, 2.24) is 41.2 Å². The molecule has 4 unspecified atom stereocenters. The van der Waals surface area contributed by atoms with Crippen molar-refractivity contribution in [3.05, 3.63) is 81.9 Å². The number of halogens is 1. The van der Waals surface area contributed by atoms with Crippen LogP contribution in [0.1, 0.15) is 97.1 Å². The number of aliphatic hydroxyl groups excluding tert-OH is 2. The lowest BCUT2D eigenvalue weighted by Crippen LogP contribution is -2.54. The molecule has 448 valence electrons. The van der Waals surface area contributed by atoms with Gasteiger partial charge < -0.3 is 82.3 Å². The Bertz CT molecular complexity index is 2600. The zero-order valence-electron chi connectivity index (χ0n) is 48.3. The van der Waals surface area contributed by atoms with Crippen molar-refractivity contribution in [3.8, 4) is 11.5 Å². The number of amides is 4. The predicted octanol–water partition coefficient (Wildman–Crippen LogP) is 2.47. The minimum atomic E-state index is -1.98. The standard InChI is InChI=1S/C56H87ClN14O10/c1-8-13-39(35-64-53(74)44-50(59)68-49(58)43(10-3)66-44)70(4,5)27-11-15-37-17-21-41(22-18-37)80-33-31-78-29-25-62-55(76)46(72)47(73)56(77)63-26-30-79-32-34-81-42-23-19-38(20-24-42)16-12-28-71(6,7)40(14-9-2)36-65-54(75)45-51(60)69-52(61)48(57)67-45/h17-24,39-40,46-47,72-73H,8-16,25-36H2,1-7H3,(H10-2,58,59,60,61,62,63,64,65,68,69,74,75,76,77)/p+2. The number of hydrogen-bond donors (Lipinski definition) is 10. The van der Waals surface area contributed by atoms with Crippen molar-refractivity contribution in [2.45, 2.75) is 103 Å². The molecule has 4 amide bonds. The van der Waals surface area contributed by atoms with Gasteiger partial charge in [0.1, 0.15) is 42.6 Å². The average Bonchev–Trinajstić information content (AvgIpc) is 3.43. The summed E-state index contributed by atoms with van der Waals surface area (Å²) in [7, 11) is 8.69. The fourth-order valence-corrected chi connectivity index (χ4v) is 9.19. The van der Waals surface area contributed by atoms with E-state index in [1.165, 1.54) is 5.56 Å². The zero-order chi connectivity index (χ0) is 59.5. The second kappa shape index (κ2) is 33.9. The van der Waals surface area contributed by atoms with Crippen LogP contribution in [0, 0.1) is 0 Å². The van der Waals surface area contributed by atoms with Gasteiger partial charge in [0, 0.05) is 38.8 Å². The number of aromatic nitrogens is 4. The molecule has 81 heavy (non-hydrogen) atoms. The Morgan fingerprint density at radius 1 is 0.556 bits per heavy atom. The van der Waals surface area contributed by atoms with E-state index in [0.717, 1.165) is 74.5 Å². The van der Waals surface area contributed by atoms with Crippen molar-refractivity contribution in [2.75, 3.05) is 130 Å². The van der Waals surface area contributed by atoms with E-state index in [4.69, 9.17) is 53.5 Å². The van der Waals surface area contributed by atoms with E-state index >= 15 is 0 Å². The summed E-state index contributed by atoms with van der Waals surface area (Å²) in [5.74, 6) is -1.13. The number of hydrogen-bond acceptors (Lipinski definition) is 18. The summed E-state index contributed by atoms with van der Waals surface area (Å²) in [5, 5.41) is 31.4. The first-order valence-electron chi connectivity index (χ1n) is 27.8. The van der Waals surface area contributed by atoms with Gasteiger partial charge in [-0.1, -0.05) is 69.5 Å². The van der Waals surface area contributed by atoms with Gasteiger partial charge in [0.25, 0.3) is 23.6 Å². The smallest absolute Gasteiger partial charge is 0.274 e. The van der Waals surface area contributed by atoms with Crippen LogP contribution in [0.15, 0.2) is 48.5 Å². The Balaban J connectivity index is 1.01. The van der Waals surface area contributed by atoms with Crippen molar-refractivity contribution in [2.24, 2.45) is 0 Å². The van der Waals surface area contributed by atoms with E-state index < -0.39 is 29.9 Å². The Hall–Kier alpha value is -6.67. The molecular weight excluding hydrogens is 1060 g/mol. The highest BCUT2D eigenvalue weighted by Crippen LogP contribution is 2.22. The molecule has 0 aliphatic carbocycles. The maximum absolute atomic E-state index is 13.0. The molecule has 0 aliphatic heterocycles. The molecule has 0 spiro atoms. The lowest BCUT2D eigenvalue weighted by atomic mass is 10.1. The molecular formula is C56H89ClN14O10+2. The molecule has 0 saturated heterocycles. The first-order chi connectivity index (χ1) is 38.6. The van der Waals surface area contributed by atoms with Crippen LogP contribution in [0.3, 0.4) is 0 Å². The number of quaternary nitrogens is 2. The normalized spacial score (nSPS) is 13.2. The van der Waals surface area contributed by atoms with E-state index in [1.807, 2.05) is 55.5 Å². The van der Waals surface area contributed by atoms with Crippen LogP contribution >= 0.6 is 11.6 Å². The van der Waals surface area contributed by atoms with Gasteiger partial charge >= 0.3 is 0 Å². The number of rotatable bonds is 38. The van der Waals surface area contributed by atoms with E-state index in [0.29, 0.717) is 41.2 Å². The quantitative estimate of drug-likeness (QED) is 0.0228. The fraction of sp³-hybridized carbons (Fsp3) is 0.571. The highest BCUT2D eigenvalue weighted by Gasteiger charge is 2.32. The number of nitrogens with one attached hydrogen (secondary N) is 4. The largest absolute Gasteiger partial charge is 0.491 e. The molecule has 0 bridgehead atoms. The number of carbonyl (C=O) groups excluding carboxylic acids is 4. The summed E-state index contributed by atoms with van der Waals surface area (Å²) >= 11 is 5.97. The van der Waals surface area contributed by atoms with E-state index in [-0.39, 0.29) is 111 Å². The second-order valence-corrected chi connectivity index (χ2v) is 21.3. The zero-order valence-corrected chi connectivity index (χ0v) is 49.1. The fourth-order valence-electron chi connectivity index (χ4n) is 9.07. The number of nitrogen functional groups attached to an aromatic ring is 4. The summed E-state index contributed by atoms with van der Waals surface area (Å²) in [6, 6.07) is 16.1. The third-order valence-corrected chi connectivity index (χ3v) is 14.4. The molecule has 4 atom stereocenters. The van der Waals surface area contributed by atoms with Gasteiger partial charge in [-0.05, 0) is 54.7 Å². The summed E-state index contributed by atoms with van der Waals surface area (Å²) in [6.07, 6.45) is 3.93. The van der Waals surface area contributed by atoms with Crippen molar-refractivity contribution >= 4 is 58.5 Å². The molecule has 2 aromatic heterocycles. The number of anilines is 4. The van der Waals surface area contributed by atoms with Crippen LogP contribution in [0.2, 0.25) is 5.15 Å². The van der Waals surface area contributed by atoms with Gasteiger partial charge in [-0.15, -0.1) is 0 Å². The second-order valence-electron chi connectivity index (χ2n) is 21.0. The summed E-state index contributed by atoms with van der Waals surface area (Å²) in [6.45, 7) is 10.1.